The second-order valence-corrected chi connectivity index (χ2v) is 8.07. The minimum atomic E-state index is 0.317. The molecule has 0 saturated carbocycles. The van der Waals surface area contributed by atoms with E-state index < -0.39 is 0 Å². The van der Waals surface area contributed by atoms with Gasteiger partial charge in [-0.2, -0.15) is 0 Å². The highest BCUT2D eigenvalue weighted by Crippen LogP contribution is 2.28. The van der Waals surface area contributed by atoms with Crippen molar-refractivity contribution in [2.24, 2.45) is 5.73 Å². The predicted molar refractivity (Wildman–Crippen MR) is 124 cm³/mol. The van der Waals surface area contributed by atoms with Crippen molar-refractivity contribution in [1.29, 1.82) is 0 Å². The van der Waals surface area contributed by atoms with Gasteiger partial charge < -0.3 is 10.5 Å². The fourth-order valence-corrected chi connectivity index (χ4v) is 4.24. The Morgan fingerprint density at radius 2 is 1.55 bits per heavy atom. The Morgan fingerprint density at radius 3 is 2.07 bits per heavy atom. The van der Waals surface area contributed by atoms with Crippen LogP contribution in [0.5, 0.6) is 5.75 Å². The van der Waals surface area contributed by atoms with Gasteiger partial charge in [-0.05, 0) is 64.3 Å². The number of hydrogen-bond donors (Lipinski definition) is 1. The van der Waals surface area contributed by atoms with Crippen LogP contribution in [-0.2, 0) is 6.54 Å². The smallest absolute Gasteiger partial charge is 0.133 e. The Bertz CT molecular complexity index is 831. The van der Waals surface area contributed by atoms with Crippen molar-refractivity contribution < 1.29 is 4.74 Å². The van der Waals surface area contributed by atoms with Crippen LogP contribution in [0.3, 0.4) is 0 Å². The van der Waals surface area contributed by atoms with E-state index in [2.05, 4.69) is 93.6 Å². The lowest BCUT2D eigenvalue weighted by Crippen LogP contribution is -2.31. The summed E-state index contributed by atoms with van der Waals surface area (Å²) in [4.78, 5) is 2.51. The van der Waals surface area contributed by atoms with E-state index in [1.165, 1.54) is 16.7 Å². The van der Waals surface area contributed by atoms with Crippen LogP contribution in [0.15, 0.2) is 83.3 Å². The monoisotopic (exact) mass is 452 g/mol. The first-order valence-corrected chi connectivity index (χ1v) is 10.8. The second-order valence-electron chi connectivity index (χ2n) is 7.22. The molecule has 0 aliphatic rings. The molecule has 0 atom stereocenters. The van der Waals surface area contributed by atoms with Crippen molar-refractivity contribution in [2.45, 2.75) is 18.9 Å². The Labute approximate surface area is 182 Å². The van der Waals surface area contributed by atoms with Gasteiger partial charge in [0.25, 0.3) is 0 Å². The number of ether oxygens (including phenoxy) is 1. The van der Waals surface area contributed by atoms with Crippen LogP contribution in [0.4, 0.5) is 0 Å². The summed E-state index contributed by atoms with van der Waals surface area (Å²) in [6.07, 6.45) is 0.980. The molecule has 0 amide bonds. The van der Waals surface area contributed by atoms with Crippen LogP contribution in [0.1, 0.15) is 29.0 Å². The third-order valence-corrected chi connectivity index (χ3v) is 5.77. The van der Waals surface area contributed by atoms with Gasteiger partial charge in [-0.15, -0.1) is 0 Å². The third kappa shape index (κ3) is 6.17. The minimum Gasteiger partial charge on any atom is -0.496 e. The van der Waals surface area contributed by atoms with Crippen molar-refractivity contribution in [1.82, 2.24) is 4.90 Å². The lowest BCUT2D eigenvalue weighted by atomic mass is 9.90. The standard InChI is InChI=1S/C25H29BrN2O/c1-29-25-14-13-20(17-24(25)26)18-28(16-8-15-27)19-23(21-9-4-2-5-10-21)22-11-6-3-7-12-22/h2-7,9-14,17,23H,8,15-16,18-19,27H2,1H3. The molecule has 0 radical (unpaired) electrons. The molecule has 0 bridgehead atoms. The van der Waals surface area contributed by atoms with Gasteiger partial charge in [-0.1, -0.05) is 66.7 Å². The summed E-state index contributed by atoms with van der Waals surface area (Å²) in [6.45, 7) is 3.48. The number of nitrogens with zero attached hydrogens (tertiary/aromatic N) is 1. The Balaban J connectivity index is 1.85. The van der Waals surface area contributed by atoms with E-state index in [4.69, 9.17) is 10.5 Å². The molecular formula is C25H29BrN2O. The molecule has 0 spiro atoms. The van der Waals surface area contributed by atoms with E-state index in [-0.39, 0.29) is 0 Å². The Morgan fingerprint density at radius 1 is 0.931 bits per heavy atom. The summed E-state index contributed by atoms with van der Waals surface area (Å²) in [7, 11) is 1.69. The number of benzene rings is 3. The maximum Gasteiger partial charge on any atom is 0.133 e. The molecule has 3 rings (SSSR count). The third-order valence-electron chi connectivity index (χ3n) is 5.15. The first-order chi connectivity index (χ1) is 14.2. The molecule has 0 aliphatic heterocycles. The maximum absolute atomic E-state index is 5.83. The van der Waals surface area contributed by atoms with Gasteiger partial charge in [0.05, 0.1) is 11.6 Å². The van der Waals surface area contributed by atoms with Gasteiger partial charge in [0.15, 0.2) is 0 Å². The minimum absolute atomic E-state index is 0.317. The number of hydrogen-bond acceptors (Lipinski definition) is 3. The zero-order valence-corrected chi connectivity index (χ0v) is 18.5. The Hall–Kier alpha value is -2.14. The quantitative estimate of drug-likeness (QED) is 0.444. The van der Waals surface area contributed by atoms with Crippen LogP contribution in [0.2, 0.25) is 0 Å². The summed E-state index contributed by atoms with van der Waals surface area (Å²) >= 11 is 3.61. The second kappa shape index (κ2) is 11.1. The molecule has 0 fully saturated rings. The van der Waals surface area contributed by atoms with Gasteiger partial charge in [0.2, 0.25) is 0 Å². The van der Waals surface area contributed by atoms with Gasteiger partial charge in [0, 0.05) is 19.0 Å². The summed E-state index contributed by atoms with van der Waals surface area (Å²) < 4.78 is 6.36. The van der Waals surface area contributed by atoms with Crippen LogP contribution in [0, 0.1) is 0 Å². The van der Waals surface area contributed by atoms with E-state index >= 15 is 0 Å². The SMILES string of the molecule is COc1ccc(CN(CCCN)CC(c2ccccc2)c2ccccc2)cc1Br. The molecule has 4 heteroatoms. The first kappa shape index (κ1) is 21.6. The van der Waals surface area contributed by atoms with Crippen LogP contribution in [-0.4, -0.2) is 31.6 Å². The highest BCUT2D eigenvalue weighted by atomic mass is 79.9. The molecule has 0 heterocycles. The number of nitrogens with two attached hydrogens (primary N) is 1. The molecule has 3 aromatic rings. The molecule has 0 saturated heterocycles. The molecule has 0 aliphatic carbocycles. The number of rotatable bonds is 10. The van der Waals surface area contributed by atoms with Crippen molar-refractivity contribution in [3.05, 3.63) is 100 Å². The van der Waals surface area contributed by atoms with Gasteiger partial charge in [-0.3, -0.25) is 4.90 Å². The number of methoxy groups -OCH3 is 1. The summed E-state index contributed by atoms with van der Waals surface area (Å²) in [5, 5.41) is 0. The van der Waals surface area contributed by atoms with E-state index in [9.17, 15) is 0 Å². The van der Waals surface area contributed by atoms with Crippen molar-refractivity contribution in [3.63, 3.8) is 0 Å². The molecule has 3 nitrogen and oxygen atoms in total. The normalized spacial score (nSPS) is 11.2. The van der Waals surface area contributed by atoms with E-state index in [1.807, 2.05) is 6.07 Å². The molecule has 29 heavy (non-hydrogen) atoms. The lowest BCUT2D eigenvalue weighted by molar-refractivity contribution is 0.255. The van der Waals surface area contributed by atoms with Crippen LogP contribution < -0.4 is 10.5 Å². The molecule has 152 valence electrons. The molecule has 3 aromatic carbocycles. The maximum atomic E-state index is 5.83. The molecule has 0 aromatic heterocycles. The average molecular weight is 453 g/mol. The van der Waals surface area contributed by atoms with Crippen molar-refractivity contribution in [3.8, 4) is 5.75 Å². The van der Waals surface area contributed by atoms with Crippen LogP contribution in [0.25, 0.3) is 0 Å². The van der Waals surface area contributed by atoms with E-state index in [1.54, 1.807) is 7.11 Å². The van der Waals surface area contributed by atoms with Crippen LogP contribution >= 0.6 is 15.9 Å². The molecule has 2 N–H and O–H groups in total. The fourth-order valence-electron chi connectivity index (χ4n) is 3.65. The number of halogens is 1. The summed E-state index contributed by atoms with van der Waals surface area (Å²) in [5.41, 5.74) is 9.77. The van der Waals surface area contributed by atoms with Crippen molar-refractivity contribution >= 4 is 15.9 Å². The summed E-state index contributed by atoms with van der Waals surface area (Å²) in [6, 6.07) is 27.8. The zero-order valence-electron chi connectivity index (χ0n) is 16.9. The first-order valence-electron chi connectivity index (χ1n) is 10.1. The average Bonchev–Trinajstić information content (AvgIpc) is 2.77. The van der Waals surface area contributed by atoms with E-state index in [0.717, 1.165) is 36.3 Å². The topological polar surface area (TPSA) is 38.5 Å². The Kier molecular flexibility index (Phi) is 8.29. The predicted octanol–water partition coefficient (Wildman–Crippen LogP) is 5.44. The van der Waals surface area contributed by atoms with E-state index in [0.29, 0.717) is 12.5 Å². The van der Waals surface area contributed by atoms with Crippen molar-refractivity contribution in [2.75, 3.05) is 26.7 Å². The lowest BCUT2D eigenvalue weighted by Gasteiger charge is -2.28. The van der Waals surface area contributed by atoms with Gasteiger partial charge >= 0.3 is 0 Å². The summed E-state index contributed by atoms with van der Waals surface area (Å²) in [5.74, 6) is 1.17. The van der Waals surface area contributed by atoms with Gasteiger partial charge in [-0.25, -0.2) is 0 Å². The fraction of sp³-hybridized carbons (Fsp3) is 0.280. The largest absolute Gasteiger partial charge is 0.496 e. The zero-order chi connectivity index (χ0) is 20.5. The van der Waals surface area contributed by atoms with Gasteiger partial charge in [0.1, 0.15) is 5.75 Å². The highest BCUT2D eigenvalue weighted by Gasteiger charge is 2.18. The molecular weight excluding hydrogens is 424 g/mol. The molecule has 0 unspecified atom stereocenters. The highest BCUT2D eigenvalue weighted by molar-refractivity contribution is 9.10.